The van der Waals surface area contributed by atoms with Crippen molar-refractivity contribution in [2.24, 2.45) is 0 Å². The molecule has 0 unspecified atom stereocenters. The minimum absolute atomic E-state index is 0.0421. The topological polar surface area (TPSA) is 195 Å². The number of benzene rings is 5. The number of pyridine rings is 6. The van der Waals surface area contributed by atoms with E-state index in [0.29, 0.717) is 106 Å². The fourth-order valence-corrected chi connectivity index (χ4v) is 13.1. The van der Waals surface area contributed by atoms with Crippen LogP contribution < -0.4 is 15.0 Å². The number of aliphatic hydroxyl groups is 1. The average Bonchev–Trinajstić information content (AvgIpc) is 1.57. The van der Waals surface area contributed by atoms with E-state index < -0.39 is 17.5 Å². The van der Waals surface area contributed by atoms with Crippen LogP contribution in [-0.4, -0.2) is 80.3 Å². The predicted molar refractivity (Wildman–Crippen MR) is 370 cm³/mol. The molecule has 1 atom stereocenters. The summed E-state index contributed by atoms with van der Waals surface area (Å²) in [5.74, 6) is -0.394. The normalized spacial score (nSPS) is 13.8. The van der Waals surface area contributed by atoms with E-state index in [1.807, 2.05) is 134 Å². The lowest BCUT2D eigenvalue weighted by Crippen LogP contribution is -2.44. The molecule has 0 saturated carbocycles. The van der Waals surface area contributed by atoms with Crippen molar-refractivity contribution >= 4 is 28.7 Å². The number of esters is 2. The summed E-state index contributed by atoms with van der Waals surface area (Å²) in [7, 11) is 0. The summed E-state index contributed by atoms with van der Waals surface area (Å²) >= 11 is 0. The quantitative estimate of drug-likeness (QED) is 0.0290. The van der Waals surface area contributed by atoms with E-state index >= 15 is 0 Å². The van der Waals surface area contributed by atoms with Gasteiger partial charge in [0.2, 0.25) is 5.91 Å². The third-order valence-electron chi connectivity index (χ3n) is 18.0. The van der Waals surface area contributed by atoms with E-state index in [1.54, 1.807) is 54.0 Å². The lowest BCUT2D eigenvalue weighted by Gasteiger charge is -2.31. The summed E-state index contributed by atoms with van der Waals surface area (Å²) < 4.78 is 19.7. The van der Waals surface area contributed by atoms with E-state index in [0.717, 1.165) is 72.9 Å². The van der Waals surface area contributed by atoms with Crippen LogP contribution in [-0.2, 0) is 91.7 Å². The van der Waals surface area contributed by atoms with Gasteiger partial charge in [-0.15, -0.1) is 0 Å². The molecule has 8 heterocycles. The zero-order valence-electron chi connectivity index (χ0n) is 54.4. The van der Waals surface area contributed by atoms with Gasteiger partial charge in [-0.3, -0.25) is 39.3 Å². The first-order valence-electron chi connectivity index (χ1n) is 33.1. The molecule has 11 aromatic rings. The Morgan fingerprint density at radius 3 is 1.77 bits per heavy atom. The van der Waals surface area contributed by atoms with Gasteiger partial charge in [-0.2, -0.15) is 0 Å². The molecule has 97 heavy (non-hydrogen) atoms. The number of aryl methyl sites for hydroxylation is 1. The SMILES string of the molecule is CCc1c2c(nc3ccc(OC(=O)c4cccc(CC(=O)N(CCCCOc5cc(CN(Cc6ccccn6)Cc6ccccn6)cc(CN(Cc6ccccn6)Cc6ccccn6)c5)Cc5ccc(-c6ccccc6)cc5)c4)cc13)-c1cc3c(c(=O)n1C2)COC(=O)[C@@]3(O)CC. The summed E-state index contributed by atoms with van der Waals surface area (Å²) in [5, 5.41) is 12.2. The van der Waals surface area contributed by atoms with Crippen LogP contribution in [0.1, 0.15) is 111 Å². The second-order valence-corrected chi connectivity index (χ2v) is 24.8. The average molecular weight is 1290 g/mol. The van der Waals surface area contributed by atoms with Crippen LogP contribution in [0.25, 0.3) is 33.4 Å². The zero-order valence-corrected chi connectivity index (χ0v) is 54.4. The van der Waals surface area contributed by atoms with E-state index in [1.165, 1.54) is 0 Å². The molecular formula is C80H75N9O8. The van der Waals surface area contributed by atoms with Gasteiger partial charge in [0, 0.05) is 93.7 Å². The number of carbonyl (C=O) groups is 3. The first-order chi connectivity index (χ1) is 47.4. The van der Waals surface area contributed by atoms with Crippen LogP contribution in [0.2, 0.25) is 0 Å². The molecule has 17 heteroatoms. The zero-order chi connectivity index (χ0) is 66.7. The number of nitrogens with zero attached hydrogens (tertiary/aromatic N) is 9. The highest BCUT2D eigenvalue weighted by molar-refractivity contribution is 5.94. The van der Waals surface area contributed by atoms with E-state index in [-0.39, 0.29) is 54.2 Å². The Morgan fingerprint density at radius 2 is 1.19 bits per heavy atom. The smallest absolute Gasteiger partial charge is 0.343 e. The van der Waals surface area contributed by atoms with Crippen LogP contribution in [0.4, 0.5) is 0 Å². The lowest BCUT2D eigenvalue weighted by atomic mass is 9.86. The van der Waals surface area contributed by atoms with Crippen LogP contribution in [0.15, 0.2) is 224 Å². The minimum Gasteiger partial charge on any atom is -0.494 e. The number of cyclic esters (lactones) is 1. The van der Waals surface area contributed by atoms with Crippen molar-refractivity contribution in [3.8, 4) is 34.0 Å². The van der Waals surface area contributed by atoms with Gasteiger partial charge in [-0.25, -0.2) is 14.6 Å². The van der Waals surface area contributed by atoms with Gasteiger partial charge in [0.05, 0.1) is 70.4 Å². The first-order valence-corrected chi connectivity index (χ1v) is 33.1. The van der Waals surface area contributed by atoms with Crippen molar-refractivity contribution in [2.45, 2.75) is 111 Å². The Morgan fingerprint density at radius 1 is 0.577 bits per heavy atom. The molecule has 0 fully saturated rings. The molecule has 1 N–H and O–H groups in total. The molecule has 0 radical (unpaired) electrons. The number of rotatable bonds is 27. The second kappa shape index (κ2) is 29.8. The van der Waals surface area contributed by atoms with Gasteiger partial charge in [0.25, 0.3) is 5.56 Å². The van der Waals surface area contributed by atoms with Crippen LogP contribution in [0.3, 0.4) is 0 Å². The van der Waals surface area contributed by atoms with Crippen molar-refractivity contribution in [1.82, 2.24) is 44.2 Å². The Kier molecular flexibility index (Phi) is 19.9. The third-order valence-corrected chi connectivity index (χ3v) is 18.0. The number of unbranched alkanes of at least 4 members (excludes halogenated alkanes) is 1. The number of hydrogen-bond acceptors (Lipinski definition) is 15. The van der Waals surface area contributed by atoms with Crippen LogP contribution in [0.5, 0.6) is 11.5 Å². The molecule has 13 rings (SSSR count). The molecule has 0 saturated heterocycles. The molecule has 1 amide bonds. The van der Waals surface area contributed by atoms with Crippen molar-refractivity contribution < 1.29 is 33.7 Å². The molecule has 2 aliphatic rings. The maximum atomic E-state index is 14.8. The Bertz CT molecular complexity index is 4470. The Labute approximate surface area is 563 Å². The molecule has 6 aromatic heterocycles. The summed E-state index contributed by atoms with van der Waals surface area (Å²) in [5.41, 5.74) is 11.9. The maximum absolute atomic E-state index is 14.8. The molecule has 0 spiro atoms. The van der Waals surface area contributed by atoms with Crippen molar-refractivity contribution in [1.29, 1.82) is 0 Å². The van der Waals surface area contributed by atoms with E-state index in [9.17, 15) is 24.3 Å². The number of carbonyl (C=O) groups excluding carboxylic acids is 3. The largest absolute Gasteiger partial charge is 0.494 e. The molecule has 5 aromatic carbocycles. The lowest BCUT2D eigenvalue weighted by molar-refractivity contribution is -0.172. The molecule has 17 nitrogen and oxygen atoms in total. The molecule has 0 bridgehead atoms. The monoisotopic (exact) mass is 1290 g/mol. The fourth-order valence-electron chi connectivity index (χ4n) is 13.1. The Balaban J connectivity index is 0.714. The van der Waals surface area contributed by atoms with Gasteiger partial charge in [-0.1, -0.05) is 111 Å². The predicted octanol–water partition coefficient (Wildman–Crippen LogP) is 12.9. The third kappa shape index (κ3) is 15.3. The molecular weight excluding hydrogens is 1210 g/mol. The van der Waals surface area contributed by atoms with Gasteiger partial charge in [-0.05, 0) is 162 Å². The second-order valence-electron chi connectivity index (χ2n) is 24.8. The van der Waals surface area contributed by atoms with Gasteiger partial charge in [0.15, 0.2) is 5.60 Å². The molecule has 488 valence electrons. The minimum atomic E-state index is -1.94. The number of aromatic nitrogens is 6. The first kappa shape index (κ1) is 64.8. The van der Waals surface area contributed by atoms with Crippen molar-refractivity contribution in [2.75, 3.05) is 13.2 Å². The van der Waals surface area contributed by atoms with Gasteiger partial charge >= 0.3 is 11.9 Å². The van der Waals surface area contributed by atoms with E-state index in [4.69, 9.17) is 19.2 Å². The molecule has 0 aliphatic carbocycles. The number of fused-ring (bicyclic) bond motifs is 5. The fraction of sp³-hybridized carbons (Fsp3) is 0.237. The van der Waals surface area contributed by atoms with E-state index in [2.05, 4.69) is 84.3 Å². The summed E-state index contributed by atoms with van der Waals surface area (Å²) in [4.78, 5) is 86.0. The maximum Gasteiger partial charge on any atom is 0.343 e. The highest BCUT2D eigenvalue weighted by atomic mass is 16.6. The number of hydrogen-bond donors (Lipinski definition) is 1. The summed E-state index contributed by atoms with van der Waals surface area (Å²) in [6.07, 6.45) is 9.31. The Hall–Kier alpha value is -10.9. The highest BCUT2D eigenvalue weighted by Crippen LogP contribution is 2.41. The number of amides is 1. The summed E-state index contributed by atoms with van der Waals surface area (Å²) in [6, 6.07) is 63.1. The van der Waals surface area contributed by atoms with Crippen molar-refractivity contribution in [3.05, 3.63) is 302 Å². The standard InChI is InChI=1S/C80H75N9O8/c1-3-68-69-44-66(31-32-73(69)85-76-70(68)53-89-74(76)45-72-71(77(89)91)54-96-79(93)80(72,94)4-2)97-78(92)61-22-18-19-56(40-61)43-75(90)88(48-55-27-29-60(30-28-55)59-20-6-5-7-21-59)37-16-17-38-95-67-41-57(46-86(49-62-23-8-12-33-81-62)50-63-24-9-13-34-82-63)39-58(42-67)47-87(51-64-25-10-14-35-83-64)52-65-26-11-15-36-84-65/h5-15,18-36,39-42,44-45,94H,3-4,16-17,37-38,43,46-54H2,1-2H3/t80-/m1/s1. The van der Waals surface area contributed by atoms with Crippen LogP contribution in [0, 0.1) is 0 Å². The summed E-state index contributed by atoms with van der Waals surface area (Å²) in [6.45, 7) is 8.65. The van der Waals surface area contributed by atoms with Gasteiger partial charge in [0.1, 0.15) is 18.1 Å². The van der Waals surface area contributed by atoms with Gasteiger partial charge < -0.3 is 28.8 Å². The number of ether oxygens (including phenoxy) is 3. The molecule has 2 aliphatic heterocycles. The highest BCUT2D eigenvalue weighted by Gasteiger charge is 2.45. The van der Waals surface area contributed by atoms with Crippen molar-refractivity contribution in [3.63, 3.8) is 0 Å². The van der Waals surface area contributed by atoms with Crippen LogP contribution >= 0.6 is 0 Å².